The normalized spacial score (nSPS) is 11.6. The van der Waals surface area contributed by atoms with Gasteiger partial charge in [-0.1, -0.05) is 24.6 Å². The number of rotatable bonds is 7. The topological polar surface area (TPSA) is 47.6 Å². The Morgan fingerprint density at radius 1 is 1.13 bits per heavy atom. The van der Waals surface area contributed by atoms with Crippen molar-refractivity contribution in [2.45, 2.75) is 26.4 Å². The lowest BCUT2D eigenvalue weighted by molar-refractivity contribution is -0.122. The van der Waals surface area contributed by atoms with E-state index in [-0.39, 0.29) is 5.91 Å². The fraction of sp³-hybridized carbons (Fsp3) is 0.278. The summed E-state index contributed by atoms with van der Waals surface area (Å²) in [6.07, 6.45) is -0.0218. The molecule has 1 atom stereocenters. The van der Waals surface area contributed by atoms with E-state index in [4.69, 9.17) is 21.1 Å². The number of halogens is 1. The maximum atomic E-state index is 12.4. The van der Waals surface area contributed by atoms with E-state index in [0.29, 0.717) is 29.5 Å². The van der Waals surface area contributed by atoms with Crippen LogP contribution in [0.15, 0.2) is 48.5 Å². The second kappa shape index (κ2) is 8.44. The quantitative estimate of drug-likeness (QED) is 0.809. The van der Waals surface area contributed by atoms with Crippen molar-refractivity contribution in [3.63, 3.8) is 0 Å². The smallest absolute Gasteiger partial charge is 0.265 e. The van der Waals surface area contributed by atoms with E-state index in [0.717, 1.165) is 5.75 Å². The highest BCUT2D eigenvalue weighted by atomic mass is 35.5. The third kappa shape index (κ3) is 5.18. The van der Waals surface area contributed by atoms with E-state index in [2.05, 4.69) is 5.32 Å². The van der Waals surface area contributed by atoms with Crippen LogP contribution in [0.5, 0.6) is 11.5 Å². The maximum Gasteiger partial charge on any atom is 0.265 e. The lowest BCUT2D eigenvalue weighted by atomic mass is 10.2. The molecule has 1 N–H and O–H groups in total. The molecular weight excluding hydrogens is 314 g/mol. The molecule has 122 valence electrons. The van der Waals surface area contributed by atoms with Crippen molar-refractivity contribution in [1.82, 2.24) is 0 Å². The summed E-state index contributed by atoms with van der Waals surface area (Å²) in [5, 5.41) is 3.48. The zero-order valence-electron chi connectivity index (χ0n) is 13.2. The van der Waals surface area contributed by atoms with Crippen LogP contribution in [0.3, 0.4) is 0 Å². The Kier molecular flexibility index (Phi) is 6.29. The van der Waals surface area contributed by atoms with Crippen molar-refractivity contribution in [3.05, 3.63) is 53.6 Å². The highest BCUT2D eigenvalue weighted by Crippen LogP contribution is 2.20. The molecule has 0 radical (unpaired) electrons. The van der Waals surface area contributed by atoms with Crippen LogP contribution in [-0.2, 0) is 4.79 Å². The van der Waals surface area contributed by atoms with Gasteiger partial charge in [-0.25, -0.2) is 0 Å². The number of ether oxygens (including phenoxy) is 2. The van der Waals surface area contributed by atoms with E-state index in [1.165, 1.54) is 0 Å². The molecule has 0 unspecified atom stereocenters. The second-order valence-corrected chi connectivity index (χ2v) is 5.36. The molecule has 0 aliphatic rings. The lowest BCUT2D eigenvalue weighted by Crippen LogP contribution is -2.32. The zero-order valence-corrected chi connectivity index (χ0v) is 14.0. The fourth-order valence-electron chi connectivity index (χ4n) is 2.05. The first kappa shape index (κ1) is 17.2. The van der Waals surface area contributed by atoms with Gasteiger partial charge in [-0.2, -0.15) is 0 Å². The molecule has 0 aliphatic carbocycles. The molecule has 0 heterocycles. The van der Waals surface area contributed by atoms with Crippen LogP contribution in [-0.4, -0.2) is 18.6 Å². The van der Waals surface area contributed by atoms with Gasteiger partial charge >= 0.3 is 0 Å². The van der Waals surface area contributed by atoms with Crippen LogP contribution in [0.2, 0.25) is 5.02 Å². The molecule has 0 saturated heterocycles. The molecule has 2 aromatic carbocycles. The van der Waals surface area contributed by atoms with Gasteiger partial charge in [-0.15, -0.1) is 0 Å². The number of carbonyl (C=O) groups is 1. The van der Waals surface area contributed by atoms with Gasteiger partial charge in [-0.05, 0) is 49.7 Å². The third-order valence-electron chi connectivity index (χ3n) is 3.17. The molecule has 23 heavy (non-hydrogen) atoms. The molecule has 0 aliphatic heterocycles. The highest BCUT2D eigenvalue weighted by Gasteiger charge is 2.18. The molecular formula is C18H20ClNO3. The van der Waals surface area contributed by atoms with Crippen LogP contribution in [0.25, 0.3) is 0 Å². The molecule has 2 aromatic rings. The number of nitrogens with one attached hydrogen (secondary N) is 1. The van der Waals surface area contributed by atoms with E-state index >= 15 is 0 Å². The van der Waals surface area contributed by atoms with Crippen molar-refractivity contribution in [2.24, 2.45) is 0 Å². The second-order valence-electron chi connectivity index (χ2n) is 4.92. The van der Waals surface area contributed by atoms with Crippen LogP contribution in [0.4, 0.5) is 5.69 Å². The monoisotopic (exact) mass is 333 g/mol. The largest absolute Gasteiger partial charge is 0.494 e. The van der Waals surface area contributed by atoms with E-state index in [1.54, 1.807) is 30.3 Å². The Morgan fingerprint density at radius 2 is 1.87 bits per heavy atom. The molecule has 0 fully saturated rings. The van der Waals surface area contributed by atoms with Gasteiger partial charge in [-0.3, -0.25) is 4.79 Å². The molecule has 0 bridgehead atoms. The first-order valence-corrected chi connectivity index (χ1v) is 7.96. The molecule has 0 spiro atoms. The summed E-state index contributed by atoms with van der Waals surface area (Å²) in [6, 6.07) is 14.2. The number of hydrogen-bond donors (Lipinski definition) is 1. The van der Waals surface area contributed by atoms with Crippen molar-refractivity contribution in [3.8, 4) is 11.5 Å². The van der Waals surface area contributed by atoms with Crippen LogP contribution >= 0.6 is 11.6 Å². The first-order chi connectivity index (χ1) is 11.1. The first-order valence-electron chi connectivity index (χ1n) is 7.58. The van der Waals surface area contributed by atoms with Gasteiger partial charge in [0.2, 0.25) is 0 Å². The molecule has 2 rings (SSSR count). The Balaban J connectivity index is 2.02. The van der Waals surface area contributed by atoms with Gasteiger partial charge in [0.05, 0.1) is 6.61 Å². The Labute approximate surface area is 141 Å². The predicted molar refractivity (Wildman–Crippen MR) is 92.4 cm³/mol. The summed E-state index contributed by atoms with van der Waals surface area (Å²) in [5.74, 6) is 1.13. The van der Waals surface area contributed by atoms with Crippen LogP contribution < -0.4 is 14.8 Å². The van der Waals surface area contributed by atoms with Gasteiger partial charge in [0.25, 0.3) is 5.91 Å². The van der Waals surface area contributed by atoms with Gasteiger partial charge in [0.15, 0.2) is 6.10 Å². The summed E-state index contributed by atoms with van der Waals surface area (Å²) >= 11 is 5.85. The summed E-state index contributed by atoms with van der Waals surface area (Å²) in [6.45, 7) is 4.39. The summed E-state index contributed by atoms with van der Waals surface area (Å²) in [7, 11) is 0. The Hall–Kier alpha value is -2.20. The van der Waals surface area contributed by atoms with Gasteiger partial charge in [0, 0.05) is 16.8 Å². The minimum atomic E-state index is -0.577. The molecule has 5 heteroatoms. The summed E-state index contributed by atoms with van der Waals surface area (Å²) < 4.78 is 11.2. The number of benzene rings is 2. The number of anilines is 1. The number of hydrogen-bond acceptors (Lipinski definition) is 3. The highest BCUT2D eigenvalue weighted by molar-refractivity contribution is 6.30. The minimum absolute atomic E-state index is 0.198. The Morgan fingerprint density at radius 3 is 2.52 bits per heavy atom. The number of amides is 1. The van der Waals surface area contributed by atoms with Gasteiger partial charge in [0.1, 0.15) is 11.5 Å². The minimum Gasteiger partial charge on any atom is -0.494 e. The van der Waals surface area contributed by atoms with E-state index in [9.17, 15) is 4.79 Å². The van der Waals surface area contributed by atoms with Crippen molar-refractivity contribution in [2.75, 3.05) is 11.9 Å². The molecule has 1 amide bonds. The zero-order chi connectivity index (χ0) is 16.7. The van der Waals surface area contributed by atoms with E-state index < -0.39 is 6.10 Å². The summed E-state index contributed by atoms with van der Waals surface area (Å²) in [4.78, 5) is 12.4. The maximum absolute atomic E-state index is 12.4. The van der Waals surface area contributed by atoms with Crippen molar-refractivity contribution >= 4 is 23.2 Å². The Bertz CT molecular complexity index is 643. The van der Waals surface area contributed by atoms with Crippen LogP contribution in [0.1, 0.15) is 20.3 Å². The molecule has 0 saturated carbocycles. The molecule has 0 aromatic heterocycles. The standard InChI is InChI=1S/C18H20ClNO3/c1-3-17(23-15-10-8-13(19)9-11-15)18(21)20-14-6-5-7-16(12-14)22-4-2/h5-12,17H,3-4H2,1-2H3,(H,20,21)/t17-/m0/s1. The average molecular weight is 334 g/mol. The lowest BCUT2D eigenvalue weighted by Gasteiger charge is -2.17. The third-order valence-corrected chi connectivity index (χ3v) is 3.42. The van der Waals surface area contributed by atoms with E-state index in [1.807, 2.05) is 32.0 Å². The number of carbonyl (C=O) groups excluding carboxylic acids is 1. The SMILES string of the molecule is CCOc1cccc(NC(=O)[C@H](CC)Oc2ccc(Cl)cc2)c1. The van der Waals surface area contributed by atoms with Gasteiger partial charge < -0.3 is 14.8 Å². The van der Waals surface area contributed by atoms with Crippen molar-refractivity contribution in [1.29, 1.82) is 0 Å². The molecule has 4 nitrogen and oxygen atoms in total. The average Bonchev–Trinajstić information content (AvgIpc) is 2.55. The fourth-order valence-corrected chi connectivity index (χ4v) is 2.18. The summed E-state index contributed by atoms with van der Waals surface area (Å²) in [5.41, 5.74) is 0.680. The predicted octanol–water partition coefficient (Wildman–Crippen LogP) is 4.53. The van der Waals surface area contributed by atoms with Crippen molar-refractivity contribution < 1.29 is 14.3 Å². The van der Waals surface area contributed by atoms with Crippen LogP contribution in [0, 0.1) is 0 Å².